The van der Waals surface area contributed by atoms with Crippen LogP contribution in [0.3, 0.4) is 0 Å². The highest BCUT2D eigenvalue weighted by molar-refractivity contribution is 5.73. The van der Waals surface area contributed by atoms with Gasteiger partial charge in [-0.1, -0.05) is 30.3 Å². The van der Waals surface area contributed by atoms with Gasteiger partial charge < -0.3 is 10.6 Å². The number of primary amides is 1. The quantitative estimate of drug-likeness (QED) is 0.815. The topological polar surface area (TPSA) is 70.1 Å². The number of unbranched alkanes of at least 4 members (excludes halogenated alkanes) is 1. The van der Waals surface area contributed by atoms with Crippen molar-refractivity contribution in [3.05, 3.63) is 35.9 Å². The summed E-state index contributed by atoms with van der Waals surface area (Å²) in [6, 6.07) is 12.7. The van der Waals surface area contributed by atoms with E-state index in [-0.39, 0.29) is 11.3 Å². The van der Waals surface area contributed by atoms with Gasteiger partial charge in [-0.3, -0.25) is 4.79 Å². The smallest absolute Gasteiger partial charge is 0.217 e. The molecular weight excluding hydrogens is 262 g/mol. The van der Waals surface area contributed by atoms with Gasteiger partial charge in [0.05, 0.1) is 11.5 Å². The van der Waals surface area contributed by atoms with E-state index in [0.717, 1.165) is 50.9 Å². The van der Waals surface area contributed by atoms with Crippen molar-refractivity contribution in [3.8, 4) is 6.07 Å². The van der Waals surface area contributed by atoms with E-state index in [2.05, 4.69) is 23.1 Å². The van der Waals surface area contributed by atoms with Gasteiger partial charge in [-0.2, -0.15) is 5.26 Å². The van der Waals surface area contributed by atoms with Crippen molar-refractivity contribution in [2.24, 2.45) is 5.73 Å². The first kappa shape index (κ1) is 15.5. The van der Waals surface area contributed by atoms with Crippen LogP contribution in [-0.2, 0) is 10.2 Å². The van der Waals surface area contributed by atoms with Crippen LogP contribution in [0.25, 0.3) is 0 Å². The summed E-state index contributed by atoms with van der Waals surface area (Å²) in [5.41, 5.74) is 5.95. The first-order chi connectivity index (χ1) is 10.2. The number of piperidine rings is 1. The van der Waals surface area contributed by atoms with E-state index in [1.165, 1.54) is 0 Å². The molecule has 2 rings (SSSR count). The summed E-state index contributed by atoms with van der Waals surface area (Å²) in [4.78, 5) is 13.1. The maximum atomic E-state index is 10.7. The van der Waals surface area contributed by atoms with Gasteiger partial charge in [0, 0.05) is 6.42 Å². The number of carbonyl (C=O) groups excluding carboxylic acids is 1. The lowest BCUT2D eigenvalue weighted by molar-refractivity contribution is -0.118. The molecular formula is C17H23N3O. The van der Waals surface area contributed by atoms with Crippen molar-refractivity contribution in [2.75, 3.05) is 19.6 Å². The predicted molar refractivity (Wildman–Crippen MR) is 82.5 cm³/mol. The van der Waals surface area contributed by atoms with Crippen molar-refractivity contribution in [2.45, 2.75) is 37.5 Å². The highest BCUT2D eigenvalue weighted by Gasteiger charge is 2.36. The minimum Gasteiger partial charge on any atom is -0.370 e. The standard InChI is InChI=1S/C17H23N3O/c18-14-17(15-6-2-1-3-7-15)9-12-20(13-10-17)11-5-4-8-16(19)21/h1-3,6-7H,4-5,8-13H2,(H2,19,21). The predicted octanol–water partition coefficient (Wildman–Crippen LogP) is 2.20. The van der Waals surface area contributed by atoms with E-state index >= 15 is 0 Å². The minimum absolute atomic E-state index is 0.221. The second-order valence-corrected chi connectivity index (χ2v) is 5.82. The Kier molecular flexibility index (Phi) is 5.35. The van der Waals surface area contributed by atoms with Crippen LogP contribution in [-0.4, -0.2) is 30.4 Å². The Morgan fingerprint density at radius 2 is 1.90 bits per heavy atom. The van der Waals surface area contributed by atoms with Gasteiger partial charge in [-0.25, -0.2) is 0 Å². The Balaban J connectivity index is 1.84. The molecule has 1 aliphatic heterocycles. The molecule has 1 aliphatic rings. The fraction of sp³-hybridized carbons (Fsp3) is 0.529. The third-order valence-electron chi connectivity index (χ3n) is 4.40. The van der Waals surface area contributed by atoms with Crippen LogP contribution in [0, 0.1) is 11.3 Å². The molecule has 4 nitrogen and oxygen atoms in total. The number of carbonyl (C=O) groups is 1. The SMILES string of the molecule is N#CC1(c2ccccc2)CCN(CCCCC(N)=O)CC1. The summed E-state index contributed by atoms with van der Waals surface area (Å²) >= 11 is 0. The number of hydrogen-bond acceptors (Lipinski definition) is 3. The van der Waals surface area contributed by atoms with E-state index in [9.17, 15) is 10.1 Å². The molecule has 0 bridgehead atoms. The molecule has 112 valence electrons. The van der Waals surface area contributed by atoms with E-state index in [0.29, 0.717) is 6.42 Å². The number of nitrogens with two attached hydrogens (primary N) is 1. The Morgan fingerprint density at radius 3 is 2.48 bits per heavy atom. The molecule has 2 N–H and O–H groups in total. The van der Waals surface area contributed by atoms with E-state index in [4.69, 9.17) is 5.73 Å². The molecule has 0 aliphatic carbocycles. The molecule has 0 aromatic heterocycles. The van der Waals surface area contributed by atoms with Gasteiger partial charge in [0.25, 0.3) is 0 Å². The van der Waals surface area contributed by atoms with Crippen molar-refractivity contribution in [3.63, 3.8) is 0 Å². The molecule has 0 spiro atoms. The fourth-order valence-corrected chi connectivity index (χ4v) is 3.02. The number of nitriles is 1. The minimum atomic E-state index is -0.328. The summed E-state index contributed by atoms with van der Waals surface area (Å²) in [5, 5.41) is 9.64. The van der Waals surface area contributed by atoms with Gasteiger partial charge >= 0.3 is 0 Å². The average Bonchev–Trinajstić information content (AvgIpc) is 2.53. The Labute approximate surface area is 126 Å². The van der Waals surface area contributed by atoms with Gasteiger partial charge in [0.2, 0.25) is 5.91 Å². The third-order valence-corrected chi connectivity index (χ3v) is 4.40. The van der Waals surface area contributed by atoms with Crippen LogP contribution in [0.15, 0.2) is 30.3 Å². The van der Waals surface area contributed by atoms with Crippen molar-refractivity contribution in [1.82, 2.24) is 4.90 Å². The zero-order valence-corrected chi connectivity index (χ0v) is 12.4. The van der Waals surface area contributed by atoms with Gasteiger partial charge in [0.1, 0.15) is 0 Å². The fourth-order valence-electron chi connectivity index (χ4n) is 3.02. The number of nitrogens with zero attached hydrogens (tertiary/aromatic N) is 2. The second-order valence-electron chi connectivity index (χ2n) is 5.82. The molecule has 1 aromatic carbocycles. The maximum Gasteiger partial charge on any atom is 0.217 e. The van der Waals surface area contributed by atoms with Crippen LogP contribution in [0.5, 0.6) is 0 Å². The maximum absolute atomic E-state index is 10.7. The monoisotopic (exact) mass is 285 g/mol. The van der Waals surface area contributed by atoms with Crippen LogP contribution in [0.2, 0.25) is 0 Å². The third kappa shape index (κ3) is 4.05. The summed E-state index contributed by atoms with van der Waals surface area (Å²) < 4.78 is 0. The first-order valence-corrected chi connectivity index (χ1v) is 7.64. The number of likely N-dealkylation sites (tertiary alicyclic amines) is 1. The Morgan fingerprint density at radius 1 is 1.24 bits per heavy atom. The van der Waals surface area contributed by atoms with Gasteiger partial charge in [-0.05, 0) is 50.9 Å². The van der Waals surface area contributed by atoms with Crippen LogP contribution in [0.1, 0.15) is 37.7 Å². The van der Waals surface area contributed by atoms with Crippen molar-refractivity contribution >= 4 is 5.91 Å². The van der Waals surface area contributed by atoms with Gasteiger partial charge in [0.15, 0.2) is 0 Å². The lowest BCUT2D eigenvalue weighted by Gasteiger charge is -2.37. The number of amides is 1. The molecule has 1 fully saturated rings. The molecule has 0 saturated carbocycles. The summed E-state index contributed by atoms with van der Waals surface area (Å²) in [6.45, 7) is 2.88. The second kappa shape index (κ2) is 7.24. The first-order valence-electron chi connectivity index (χ1n) is 7.64. The molecule has 0 atom stereocenters. The molecule has 4 heteroatoms. The Hall–Kier alpha value is -1.86. The highest BCUT2D eigenvalue weighted by atomic mass is 16.1. The number of benzene rings is 1. The Bertz CT molecular complexity index is 499. The lowest BCUT2D eigenvalue weighted by Crippen LogP contribution is -2.42. The van der Waals surface area contributed by atoms with E-state index in [1.807, 2.05) is 18.2 Å². The number of rotatable bonds is 6. The van der Waals surface area contributed by atoms with E-state index in [1.54, 1.807) is 0 Å². The van der Waals surface area contributed by atoms with E-state index < -0.39 is 0 Å². The molecule has 1 amide bonds. The molecule has 21 heavy (non-hydrogen) atoms. The summed E-state index contributed by atoms with van der Waals surface area (Å²) in [6.07, 6.45) is 4.08. The summed E-state index contributed by atoms with van der Waals surface area (Å²) in [5.74, 6) is -0.221. The van der Waals surface area contributed by atoms with Crippen LogP contribution >= 0.6 is 0 Å². The molecule has 1 heterocycles. The molecule has 0 unspecified atom stereocenters. The van der Waals surface area contributed by atoms with Crippen LogP contribution < -0.4 is 5.73 Å². The molecule has 1 saturated heterocycles. The molecule has 1 aromatic rings. The zero-order chi connectivity index (χ0) is 15.1. The largest absolute Gasteiger partial charge is 0.370 e. The lowest BCUT2D eigenvalue weighted by atomic mass is 9.74. The molecule has 0 radical (unpaired) electrons. The van der Waals surface area contributed by atoms with Crippen molar-refractivity contribution < 1.29 is 4.79 Å². The van der Waals surface area contributed by atoms with Crippen LogP contribution in [0.4, 0.5) is 0 Å². The summed E-state index contributed by atoms with van der Waals surface area (Å²) in [7, 11) is 0. The average molecular weight is 285 g/mol. The zero-order valence-electron chi connectivity index (χ0n) is 12.4. The number of hydrogen-bond donors (Lipinski definition) is 1. The highest BCUT2D eigenvalue weighted by Crippen LogP contribution is 2.34. The normalized spacial score (nSPS) is 18.0. The van der Waals surface area contributed by atoms with Crippen molar-refractivity contribution in [1.29, 1.82) is 5.26 Å². The van der Waals surface area contributed by atoms with Gasteiger partial charge in [-0.15, -0.1) is 0 Å².